The first-order valence-corrected chi connectivity index (χ1v) is 10.9. The first-order chi connectivity index (χ1) is 13.5. The summed E-state index contributed by atoms with van der Waals surface area (Å²) in [5.41, 5.74) is 1.16. The van der Waals surface area contributed by atoms with Gasteiger partial charge in [0.15, 0.2) is 0 Å². The predicted molar refractivity (Wildman–Crippen MR) is 110 cm³/mol. The van der Waals surface area contributed by atoms with E-state index in [0.29, 0.717) is 24.5 Å². The Morgan fingerprint density at radius 3 is 2.21 bits per heavy atom. The number of fused-ring (bicyclic) bond motifs is 2. The molecule has 0 saturated carbocycles. The predicted octanol–water partition coefficient (Wildman–Crippen LogP) is 1.59. The highest BCUT2D eigenvalue weighted by Crippen LogP contribution is 2.33. The largest absolute Gasteiger partial charge is 0.340 e. The summed E-state index contributed by atoms with van der Waals surface area (Å²) in [5, 5.41) is 0. The Morgan fingerprint density at radius 2 is 1.68 bits per heavy atom. The molecule has 0 radical (unpaired) electrons. The second-order valence-corrected chi connectivity index (χ2v) is 8.74. The number of nitrogens with zero attached hydrogens (tertiary/aromatic N) is 6. The van der Waals surface area contributed by atoms with E-state index in [2.05, 4.69) is 28.5 Å². The molecule has 3 aliphatic rings. The monoisotopic (exact) mass is 386 g/mol. The highest BCUT2D eigenvalue weighted by atomic mass is 16.2. The topological polar surface area (TPSA) is 55.8 Å². The number of carbonyl (C=O) groups excluding carboxylic acids is 1. The third kappa shape index (κ3) is 4.01. The summed E-state index contributed by atoms with van der Waals surface area (Å²) in [6, 6.07) is 1.72. The van der Waals surface area contributed by atoms with Crippen LogP contribution in [-0.4, -0.2) is 88.0 Å². The first kappa shape index (κ1) is 19.6. The van der Waals surface area contributed by atoms with E-state index in [1.54, 1.807) is 0 Å². The van der Waals surface area contributed by atoms with Crippen LogP contribution < -0.4 is 4.90 Å². The molecule has 2 bridgehead atoms. The molecule has 0 spiro atoms. The normalized spacial score (nSPS) is 26.3. The van der Waals surface area contributed by atoms with Crippen LogP contribution in [0.3, 0.4) is 0 Å². The van der Waals surface area contributed by atoms with Crippen molar-refractivity contribution in [2.45, 2.75) is 64.7 Å². The van der Waals surface area contributed by atoms with Crippen molar-refractivity contribution >= 4 is 11.9 Å². The lowest BCUT2D eigenvalue weighted by Crippen LogP contribution is -2.56. The molecule has 3 aliphatic heterocycles. The molecule has 2 unspecified atom stereocenters. The molecular weight excluding hydrogens is 352 g/mol. The van der Waals surface area contributed by atoms with E-state index < -0.39 is 0 Å². The molecule has 7 heteroatoms. The Hall–Kier alpha value is -1.73. The second kappa shape index (κ2) is 8.33. The molecule has 4 rings (SSSR count). The standard InChI is InChI=1S/C21H34N6O/c1-4-20(28)25-9-7-24(8-10-25)13-17-11-22-21(23-12-17)27-18-5-6-19(27)15-26(14-18)16(2)3/h11-12,16,18-19H,4-10,13-15H2,1-3H3. The fourth-order valence-electron chi connectivity index (χ4n) is 4.88. The number of piperazine rings is 2. The van der Waals surface area contributed by atoms with Gasteiger partial charge >= 0.3 is 0 Å². The number of anilines is 1. The van der Waals surface area contributed by atoms with Gasteiger partial charge in [-0.2, -0.15) is 0 Å². The number of hydrogen-bond donors (Lipinski definition) is 0. The molecule has 1 amide bonds. The van der Waals surface area contributed by atoms with Crippen LogP contribution in [0.2, 0.25) is 0 Å². The minimum atomic E-state index is 0.263. The van der Waals surface area contributed by atoms with Crippen LogP contribution >= 0.6 is 0 Å². The Kier molecular flexibility index (Phi) is 5.83. The zero-order valence-electron chi connectivity index (χ0n) is 17.5. The number of aromatic nitrogens is 2. The molecule has 2 atom stereocenters. The number of carbonyl (C=O) groups is 1. The van der Waals surface area contributed by atoms with Crippen molar-refractivity contribution < 1.29 is 4.79 Å². The maximum absolute atomic E-state index is 11.8. The number of amides is 1. The van der Waals surface area contributed by atoms with Crippen LogP contribution in [0.5, 0.6) is 0 Å². The van der Waals surface area contributed by atoms with E-state index in [1.807, 2.05) is 24.2 Å². The van der Waals surface area contributed by atoms with Gasteiger partial charge in [0.25, 0.3) is 0 Å². The average molecular weight is 387 g/mol. The summed E-state index contributed by atoms with van der Waals surface area (Å²) >= 11 is 0. The summed E-state index contributed by atoms with van der Waals surface area (Å²) in [6.07, 6.45) is 7.10. The Bertz CT molecular complexity index is 656. The van der Waals surface area contributed by atoms with Crippen molar-refractivity contribution in [2.75, 3.05) is 44.2 Å². The van der Waals surface area contributed by atoms with E-state index in [9.17, 15) is 4.79 Å². The SMILES string of the molecule is CCC(=O)N1CCN(Cc2cnc(N3C4CCC3CN(C(C)C)C4)nc2)CC1. The van der Waals surface area contributed by atoms with Gasteiger partial charge in [0.2, 0.25) is 11.9 Å². The lowest BCUT2D eigenvalue weighted by atomic mass is 10.1. The molecule has 154 valence electrons. The Morgan fingerprint density at radius 1 is 1.07 bits per heavy atom. The van der Waals surface area contributed by atoms with Gasteiger partial charge in [-0.25, -0.2) is 9.97 Å². The van der Waals surface area contributed by atoms with Gasteiger partial charge in [-0.05, 0) is 26.7 Å². The van der Waals surface area contributed by atoms with Crippen LogP contribution in [0.1, 0.15) is 45.6 Å². The molecule has 0 aliphatic carbocycles. The van der Waals surface area contributed by atoms with Gasteiger partial charge in [0.1, 0.15) is 0 Å². The zero-order chi connectivity index (χ0) is 19.7. The zero-order valence-corrected chi connectivity index (χ0v) is 17.5. The first-order valence-electron chi connectivity index (χ1n) is 10.9. The van der Waals surface area contributed by atoms with Crippen molar-refractivity contribution in [2.24, 2.45) is 0 Å². The molecular formula is C21H34N6O. The fraction of sp³-hybridized carbons (Fsp3) is 0.762. The average Bonchev–Trinajstić information content (AvgIpc) is 2.97. The van der Waals surface area contributed by atoms with Crippen LogP contribution in [-0.2, 0) is 11.3 Å². The molecule has 1 aromatic heterocycles. The van der Waals surface area contributed by atoms with Crippen LogP contribution in [0.4, 0.5) is 5.95 Å². The van der Waals surface area contributed by atoms with Crippen molar-refractivity contribution in [3.8, 4) is 0 Å². The van der Waals surface area contributed by atoms with Gasteiger partial charge in [0.05, 0.1) is 0 Å². The maximum atomic E-state index is 11.8. The Labute approximate surface area is 168 Å². The smallest absolute Gasteiger partial charge is 0.225 e. The second-order valence-electron chi connectivity index (χ2n) is 8.74. The number of likely N-dealkylation sites (tertiary alicyclic amines) is 1. The van der Waals surface area contributed by atoms with Gasteiger partial charge in [-0.1, -0.05) is 6.92 Å². The molecule has 0 aromatic carbocycles. The van der Waals surface area contributed by atoms with Crippen molar-refractivity contribution in [3.05, 3.63) is 18.0 Å². The molecule has 28 heavy (non-hydrogen) atoms. The molecule has 3 fully saturated rings. The van der Waals surface area contributed by atoms with Crippen molar-refractivity contribution in [1.82, 2.24) is 24.7 Å². The highest BCUT2D eigenvalue weighted by molar-refractivity contribution is 5.75. The molecule has 7 nitrogen and oxygen atoms in total. The van der Waals surface area contributed by atoms with Crippen molar-refractivity contribution in [1.29, 1.82) is 0 Å². The van der Waals surface area contributed by atoms with E-state index >= 15 is 0 Å². The molecule has 3 saturated heterocycles. The van der Waals surface area contributed by atoms with E-state index in [-0.39, 0.29) is 5.91 Å². The van der Waals surface area contributed by atoms with Crippen LogP contribution in [0.25, 0.3) is 0 Å². The summed E-state index contributed by atoms with van der Waals surface area (Å²) in [4.78, 5) is 30.7. The van der Waals surface area contributed by atoms with E-state index in [1.165, 1.54) is 12.8 Å². The fourth-order valence-corrected chi connectivity index (χ4v) is 4.88. The van der Waals surface area contributed by atoms with Gasteiger partial charge in [-0.15, -0.1) is 0 Å². The quantitative estimate of drug-likeness (QED) is 0.766. The lowest BCUT2D eigenvalue weighted by Gasteiger charge is -2.42. The minimum Gasteiger partial charge on any atom is -0.340 e. The minimum absolute atomic E-state index is 0.263. The van der Waals surface area contributed by atoms with Crippen LogP contribution in [0.15, 0.2) is 12.4 Å². The molecule has 0 N–H and O–H groups in total. The Balaban J connectivity index is 1.33. The van der Waals surface area contributed by atoms with Gasteiger partial charge in [-0.3, -0.25) is 14.6 Å². The third-order valence-electron chi connectivity index (χ3n) is 6.60. The number of hydrogen-bond acceptors (Lipinski definition) is 6. The van der Waals surface area contributed by atoms with E-state index in [0.717, 1.165) is 57.3 Å². The summed E-state index contributed by atoms with van der Waals surface area (Å²) in [5.74, 6) is 1.16. The molecule has 1 aromatic rings. The lowest BCUT2D eigenvalue weighted by molar-refractivity contribution is -0.132. The summed E-state index contributed by atoms with van der Waals surface area (Å²) in [7, 11) is 0. The highest BCUT2D eigenvalue weighted by Gasteiger charge is 2.41. The van der Waals surface area contributed by atoms with Crippen LogP contribution in [0, 0.1) is 0 Å². The maximum Gasteiger partial charge on any atom is 0.225 e. The van der Waals surface area contributed by atoms with Crippen molar-refractivity contribution in [3.63, 3.8) is 0 Å². The summed E-state index contributed by atoms with van der Waals surface area (Å²) < 4.78 is 0. The van der Waals surface area contributed by atoms with Gasteiger partial charge in [0, 0.05) is 88.3 Å². The van der Waals surface area contributed by atoms with E-state index in [4.69, 9.17) is 9.97 Å². The molecule has 4 heterocycles. The van der Waals surface area contributed by atoms with Gasteiger partial charge < -0.3 is 9.80 Å². The number of rotatable bonds is 5. The summed E-state index contributed by atoms with van der Waals surface area (Å²) in [6.45, 7) is 13.1. The third-order valence-corrected chi connectivity index (χ3v) is 6.60.